The van der Waals surface area contributed by atoms with Gasteiger partial charge in [-0.1, -0.05) is 77.8 Å². The molecule has 0 unspecified atom stereocenters. The van der Waals surface area contributed by atoms with E-state index >= 15 is 0 Å². The maximum absolute atomic E-state index is 12.9. The van der Waals surface area contributed by atoms with Crippen molar-refractivity contribution in [3.05, 3.63) is 125 Å². The van der Waals surface area contributed by atoms with Crippen molar-refractivity contribution in [3.8, 4) is 39.4 Å². The molecule has 1 aliphatic rings. The first-order valence-electron chi connectivity index (χ1n) is 12.2. The van der Waals surface area contributed by atoms with Gasteiger partial charge in [-0.25, -0.2) is 4.98 Å². The zero-order chi connectivity index (χ0) is 26.1. The summed E-state index contributed by atoms with van der Waals surface area (Å²) < 4.78 is 5.77. The summed E-state index contributed by atoms with van der Waals surface area (Å²) >= 11 is 12.3. The van der Waals surface area contributed by atoms with E-state index in [-0.39, 0.29) is 12.5 Å². The van der Waals surface area contributed by atoms with E-state index in [0.29, 0.717) is 22.3 Å². The number of rotatable bonds is 5. The van der Waals surface area contributed by atoms with Gasteiger partial charge in [0.1, 0.15) is 5.75 Å². The summed E-state index contributed by atoms with van der Waals surface area (Å²) in [6, 6.07) is 35.3. The zero-order valence-corrected chi connectivity index (χ0v) is 21.8. The first kappa shape index (κ1) is 24.2. The van der Waals surface area contributed by atoms with Crippen LogP contribution in [0.2, 0.25) is 10.0 Å². The fraction of sp³-hybridized carbons (Fsp3) is 0.0625. The van der Waals surface area contributed by atoms with Crippen LogP contribution in [0.25, 0.3) is 33.6 Å². The smallest absolute Gasteiger partial charge is 0.265 e. The monoisotopic (exact) mass is 536 g/mol. The molecule has 0 aliphatic carbocycles. The molecule has 0 fully saturated rings. The maximum atomic E-state index is 12.9. The molecule has 0 N–H and O–H groups in total. The van der Waals surface area contributed by atoms with Crippen molar-refractivity contribution in [2.45, 2.75) is 6.54 Å². The van der Waals surface area contributed by atoms with Gasteiger partial charge < -0.3 is 9.64 Å². The number of nitrogens with zero attached hydrogens (tertiary/aromatic N) is 2. The molecule has 6 heteroatoms. The number of anilines is 1. The summed E-state index contributed by atoms with van der Waals surface area (Å²) in [5.41, 5.74) is 7.23. The summed E-state index contributed by atoms with van der Waals surface area (Å²) in [4.78, 5) is 19.7. The Labute approximate surface area is 231 Å². The molecule has 186 valence electrons. The number of hydrogen-bond acceptors (Lipinski definition) is 3. The molecule has 0 saturated carbocycles. The van der Waals surface area contributed by atoms with Crippen LogP contribution in [0.3, 0.4) is 0 Å². The van der Waals surface area contributed by atoms with E-state index in [1.165, 1.54) is 0 Å². The van der Waals surface area contributed by atoms with Gasteiger partial charge in [-0.05, 0) is 71.3 Å². The SMILES string of the molecule is O=C1COc2ccc(-c3cc(-c4ccc(Cl)cc4)cc(-c4ccc(Cl)cc4)n3)cc2N1Cc1ccccc1. The molecule has 0 bridgehead atoms. The van der Waals surface area contributed by atoms with Crippen LogP contribution >= 0.6 is 23.2 Å². The Morgan fingerprint density at radius 3 is 1.97 bits per heavy atom. The van der Waals surface area contributed by atoms with E-state index in [9.17, 15) is 4.79 Å². The highest BCUT2D eigenvalue weighted by Crippen LogP contribution is 2.38. The molecule has 5 aromatic rings. The minimum Gasteiger partial charge on any atom is -0.482 e. The maximum Gasteiger partial charge on any atom is 0.265 e. The average molecular weight is 537 g/mol. The van der Waals surface area contributed by atoms with Crippen LogP contribution in [0.15, 0.2) is 109 Å². The van der Waals surface area contributed by atoms with Crippen molar-refractivity contribution in [3.63, 3.8) is 0 Å². The Morgan fingerprint density at radius 1 is 0.684 bits per heavy atom. The summed E-state index contributed by atoms with van der Waals surface area (Å²) in [6.07, 6.45) is 0. The normalized spacial score (nSPS) is 12.7. The number of carbonyl (C=O) groups excluding carboxylic acids is 1. The van der Waals surface area contributed by atoms with Crippen molar-refractivity contribution in [1.82, 2.24) is 4.98 Å². The molecule has 0 saturated heterocycles. The number of hydrogen-bond donors (Lipinski definition) is 0. The van der Waals surface area contributed by atoms with E-state index < -0.39 is 0 Å². The highest BCUT2D eigenvalue weighted by molar-refractivity contribution is 6.31. The van der Waals surface area contributed by atoms with E-state index in [4.69, 9.17) is 32.9 Å². The second-order valence-corrected chi connectivity index (χ2v) is 9.95. The summed E-state index contributed by atoms with van der Waals surface area (Å²) in [5, 5.41) is 1.35. The lowest BCUT2D eigenvalue weighted by molar-refractivity contribution is -0.121. The molecule has 2 heterocycles. The third-order valence-electron chi connectivity index (χ3n) is 6.52. The molecule has 1 amide bonds. The molecule has 0 atom stereocenters. The third-order valence-corrected chi connectivity index (χ3v) is 7.03. The van der Waals surface area contributed by atoms with Crippen molar-refractivity contribution in [2.24, 2.45) is 0 Å². The van der Waals surface area contributed by atoms with Crippen LogP contribution in [0.5, 0.6) is 5.75 Å². The van der Waals surface area contributed by atoms with Crippen molar-refractivity contribution in [1.29, 1.82) is 0 Å². The average Bonchev–Trinajstić information content (AvgIpc) is 2.95. The second-order valence-electron chi connectivity index (χ2n) is 9.08. The molecule has 6 rings (SSSR count). The number of halogens is 2. The van der Waals surface area contributed by atoms with Crippen LogP contribution in [-0.2, 0) is 11.3 Å². The van der Waals surface area contributed by atoms with Gasteiger partial charge in [0.25, 0.3) is 5.91 Å². The number of ether oxygens (including phenoxy) is 1. The van der Waals surface area contributed by atoms with E-state index in [0.717, 1.165) is 44.9 Å². The molecule has 1 aliphatic heterocycles. The molecule has 0 spiro atoms. The number of carbonyl (C=O) groups is 1. The van der Waals surface area contributed by atoms with E-state index in [2.05, 4.69) is 12.1 Å². The number of aromatic nitrogens is 1. The minimum absolute atomic E-state index is 0.0181. The van der Waals surface area contributed by atoms with Gasteiger partial charge in [0, 0.05) is 21.2 Å². The van der Waals surface area contributed by atoms with Crippen molar-refractivity contribution in [2.75, 3.05) is 11.5 Å². The minimum atomic E-state index is -0.0803. The molecular weight excluding hydrogens is 515 g/mol. The zero-order valence-electron chi connectivity index (χ0n) is 20.3. The molecular formula is C32H22Cl2N2O2. The number of fused-ring (bicyclic) bond motifs is 1. The Bertz CT molecular complexity index is 1560. The quantitative estimate of drug-likeness (QED) is 0.226. The van der Waals surface area contributed by atoms with Crippen molar-refractivity contribution < 1.29 is 9.53 Å². The van der Waals surface area contributed by atoms with Gasteiger partial charge in [0.05, 0.1) is 23.6 Å². The third kappa shape index (κ3) is 5.01. The van der Waals surface area contributed by atoms with Crippen LogP contribution < -0.4 is 9.64 Å². The largest absolute Gasteiger partial charge is 0.482 e. The van der Waals surface area contributed by atoms with Gasteiger partial charge in [0.2, 0.25) is 0 Å². The number of benzene rings is 4. The van der Waals surface area contributed by atoms with Crippen LogP contribution in [0.1, 0.15) is 5.56 Å². The summed E-state index contributed by atoms with van der Waals surface area (Å²) in [7, 11) is 0. The van der Waals surface area contributed by atoms with Crippen LogP contribution in [0.4, 0.5) is 5.69 Å². The fourth-order valence-corrected chi connectivity index (χ4v) is 4.81. The van der Waals surface area contributed by atoms with E-state index in [1.54, 1.807) is 4.90 Å². The molecule has 4 nitrogen and oxygen atoms in total. The Morgan fingerprint density at radius 2 is 1.29 bits per heavy atom. The van der Waals surface area contributed by atoms with Gasteiger partial charge in [-0.15, -0.1) is 0 Å². The highest BCUT2D eigenvalue weighted by Gasteiger charge is 2.26. The fourth-order valence-electron chi connectivity index (χ4n) is 4.56. The lowest BCUT2D eigenvalue weighted by Gasteiger charge is -2.30. The number of amides is 1. The molecule has 0 radical (unpaired) electrons. The Kier molecular flexibility index (Phi) is 6.59. The van der Waals surface area contributed by atoms with E-state index in [1.807, 2.05) is 97.1 Å². The lowest BCUT2D eigenvalue weighted by atomic mass is 9.99. The van der Waals surface area contributed by atoms with Gasteiger partial charge in [-0.3, -0.25) is 4.79 Å². The Balaban J connectivity index is 1.46. The number of pyridine rings is 1. The predicted octanol–water partition coefficient (Wildman–Crippen LogP) is 8.32. The van der Waals surface area contributed by atoms with Gasteiger partial charge in [0.15, 0.2) is 6.61 Å². The highest BCUT2D eigenvalue weighted by atomic mass is 35.5. The summed E-state index contributed by atoms with van der Waals surface area (Å²) in [5.74, 6) is 0.597. The molecule has 4 aromatic carbocycles. The standard InChI is InChI=1S/C32H22Cl2N2O2/c33-26-11-6-22(7-12-26)25-16-28(23-8-13-27(34)14-9-23)35-29(17-25)24-10-15-31-30(18-24)36(32(37)20-38-31)19-21-4-2-1-3-5-21/h1-18H,19-20H2. The topological polar surface area (TPSA) is 42.4 Å². The predicted molar refractivity (Wildman–Crippen MR) is 154 cm³/mol. The first-order chi connectivity index (χ1) is 18.5. The lowest BCUT2D eigenvalue weighted by Crippen LogP contribution is -2.38. The molecule has 38 heavy (non-hydrogen) atoms. The van der Waals surface area contributed by atoms with Crippen LogP contribution in [0, 0.1) is 0 Å². The Hall–Kier alpha value is -4.12. The van der Waals surface area contributed by atoms with Crippen molar-refractivity contribution >= 4 is 34.8 Å². The molecule has 1 aromatic heterocycles. The second kappa shape index (κ2) is 10.3. The van der Waals surface area contributed by atoms with Gasteiger partial charge in [-0.2, -0.15) is 0 Å². The van der Waals surface area contributed by atoms with Crippen LogP contribution in [-0.4, -0.2) is 17.5 Å². The summed E-state index contributed by atoms with van der Waals surface area (Å²) in [6.45, 7) is 0.484. The first-order valence-corrected chi connectivity index (χ1v) is 12.9. The van der Waals surface area contributed by atoms with Gasteiger partial charge >= 0.3 is 0 Å².